The number of hydrogen-bond donors (Lipinski definition) is 2. The average molecular weight is 372 g/mol. The van der Waals surface area contributed by atoms with Gasteiger partial charge in [0.1, 0.15) is 12.4 Å². The summed E-state index contributed by atoms with van der Waals surface area (Å²) in [6.45, 7) is 4.02. The maximum Gasteiger partial charge on any atom is 0.164 e. The second-order valence-corrected chi connectivity index (χ2v) is 6.50. The Morgan fingerprint density at radius 2 is 1.67 bits per heavy atom. The van der Waals surface area contributed by atoms with Gasteiger partial charge in [-0.25, -0.2) is 0 Å². The molecule has 0 unspecified atom stereocenters. The molecule has 6 nitrogen and oxygen atoms in total. The molecular formula is C21H28N2O4. The molecule has 0 spiro atoms. The fourth-order valence-electron chi connectivity index (χ4n) is 3.40. The molecule has 1 heterocycles. The van der Waals surface area contributed by atoms with E-state index in [4.69, 9.17) is 14.2 Å². The van der Waals surface area contributed by atoms with E-state index < -0.39 is 0 Å². The molecule has 0 radical (unpaired) electrons. The van der Waals surface area contributed by atoms with Gasteiger partial charge in [0, 0.05) is 37.8 Å². The summed E-state index contributed by atoms with van der Waals surface area (Å²) in [4.78, 5) is 2.27. The average Bonchev–Trinajstić information content (AvgIpc) is 2.74. The van der Waals surface area contributed by atoms with Crippen LogP contribution >= 0.6 is 0 Å². The predicted molar refractivity (Wildman–Crippen MR) is 105 cm³/mol. The lowest BCUT2D eigenvalue weighted by atomic mass is 10.0. The van der Waals surface area contributed by atoms with Crippen molar-refractivity contribution in [2.24, 2.45) is 0 Å². The lowest BCUT2D eigenvalue weighted by Gasteiger charge is -2.35. The highest BCUT2D eigenvalue weighted by molar-refractivity contribution is 5.52. The lowest BCUT2D eigenvalue weighted by Crippen LogP contribution is -2.46. The molecule has 1 aliphatic heterocycles. The van der Waals surface area contributed by atoms with Crippen molar-refractivity contribution in [3.8, 4) is 17.2 Å². The van der Waals surface area contributed by atoms with E-state index in [1.807, 2.05) is 42.5 Å². The Hall–Kier alpha value is -2.28. The number of ether oxygens (including phenoxy) is 3. The van der Waals surface area contributed by atoms with E-state index in [9.17, 15) is 5.11 Å². The highest BCUT2D eigenvalue weighted by Gasteiger charge is 2.26. The minimum absolute atomic E-state index is 0.0111. The second kappa shape index (κ2) is 9.60. The first-order chi connectivity index (χ1) is 13.3. The van der Waals surface area contributed by atoms with Gasteiger partial charge in [-0.15, -0.1) is 0 Å². The molecule has 3 rings (SSSR count). The molecule has 0 aromatic heterocycles. The first-order valence-electron chi connectivity index (χ1n) is 9.25. The van der Waals surface area contributed by atoms with Gasteiger partial charge in [0.05, 0.1) is 26.9 Å². The number of hydrogen-bond acceptors (Lipinski definition) is 6. The van der Waals surface area contributed by atoms with Crippen LogP contribution in [0.15, 0.2) is 42.5 Å². The zero-order valence-corrected chi connectivity index (χ0v) is 16.0. The quantitative estimate of drug-likeness (QED) is 0.741. The Balaban J connectivity index is 1.93. The van der Waals surface area contributed by atoms with Crippen molar-refractivity contribution < 1.29 is 19.3 Å². The first kappa shape index (κ1) is 19.5. The number of rotatable bonds is 8. The van der Waals surface area contributed by atoms with Crippen molar-refractivity contribution in [1.82, 2.24) is 10.2 Å². The third kappa shape index (κ3) is 4.71. The third-order valence-corrected chi connectivity index (χ3v) is 4.88. The van der Waals surface area contributed by atoms with E-state index in [0.717, 1.165) is 37.3 Å². The molecular weight excluding hydrogens is 344 g/mol. The summed E-state index contributed by atoms with van der Waals surface area (Å²) in [5.74, 6) is 1.95. The van der Waals surface area contributed by atoms with E-state index in [2.05, 4.69) is 10.2 Å². The standard InChI is InChI=1S/C21H28N2O4/c1-25-20-12-17(18(14-24)23-10-8-22-9-11-23)19(13-21(20)26-2)27-15-16-6-4-3-5-7-16/h3-7,12-13,18,22,24H,8-11,14-15H2,1-2H3/t18-/m1/s1. The van der Waals surface area contributed by atoms with E-state index in [1.165, 1.54) is 0 Å². The minimum atomic E-state index is -0.155. The van der Waals surface area contributed by atoms with Crippen molar-refractivity contribution in [2.75, 3.05) is 47.0 Å². The lowest BCUT2D eigenvalue weighted by molar-refractivity contribution is 0.107. The van der Waals surface area contributed by atoms with Crippen molar-refractivity contribution >= 4 is 0 Å². The van der Waals surface area contributed by atoms with Crippen LogP contribution < -0.4 is 19.5 Å². The molecule has 0 amide bonds. The Bertz CT molecular complexity index is 718. The normalized spacial score (nSPS) is 16.0. The number of nitrogens with one attached hydrogen (secondary N) is 1. The second-order valence-electron chi connectivity index (χ2n) is 6.50. The van der Waals surface area contributed by atoms with Crippen molar-refractivity contribution in [3.63, 3.8) is 0 Å². The Morgan fingerprint density at radius 3 is 2.30 bits per heavy atom. The monoisotopic (exact) mass is 372 g/mol. The SMILES string of the molecule is COc1cc(OCc2ccccc2)c([C@@H](CO)N2CCNCC2)cc1OC. The van der Waals surface area contributed by atoms with Gasteiger partial charge in [-0.2, -0.15) is 0 Å². The summed E-state index contributed by atoms with van der Waals surface area (Å²) in [5.41, 5.74) is 1.99. The maximum atomic E-state index is 10.1. The van der Waals surface area contributed by atoms with Crippen LogP contribution in [-0.2, 0) is 6.61 Å². The van der Waals surface area contributed by atoms with E-state index in [0.29, 0.717) is 23.9 Å². The molecule has 1 aliphatic rings. The minimum Gasteiger partial charge on any atom is -0.493 e. The van der Waals surface area contributed by atoms with Crippen LogP contribution in [0.4, 0.5) is 0 Å². The first-order valence-corrected chi connectivity index (χ1v) is 9.25. The smallest absolute Gasteiger partial charge is 0.164 e. The molecule has 0 aliphatic carbocycles. The number of aliphatic hydroxyl groups is 1. The highest BCUT2D eigenvalue weighted by atomic mass is 16.5. The van der Waals surface area contributed by atoms with Crippen LogP contribution in [0, 0.1) is 0 Å². The fraction of sp³-hybridized carbons (Fsp3) is 0.429. The van der Waals surface area contributed by atoms with Gasteiger partial charge >= 0.3 is 0 Å². The van der Waals surface area contributed by atoms with Crippen LogP contribution in [0.1, 0.15) is 17.2 Å². The summed E-state index contributed by atoms with van der Waals surface area (Å²) in [5, 5.41) is 13.5. The molecule has 0 saturated carbocycles. The van der Waals surface area contributed by atoms with Gasteiger partial charge in [0.2, 0.25) is 0 Å². The third-order valence-electron chi connectivity index (χ3n) is 4.88. The molecule has 2 N–H and O–H groups in total. The van der Waals surface area contributed by atoms with E-state index in [-0.39, 0.29) is 12.6 Å². The number of nitrogens with zero attached hydrogens (tertiary/aromatic N) is 1. The summed E-state index contributed by atoms with van der Waals surface area (Å²) in [6, 6.07) is 13.6. The Kier molecular flexibility index (Phi) is 6.92. The van der Waals surface area contributed by atoms with Gasteiger partial charge < -0.3 is 24.6 Å². The van der Waals surface area contributed by atoms with Gasteiger partial charge in [-0.3, -0.25) is 4.90 Å². The van der Waals surface area contributed by atoms with E-state index in [1.54, 1.807) is 14.2 Å². The van der Waals surface area contributed by atoms with Crippen LogP contribution in [-0.4, -0.2) is 57.0 Å². The highest BCUT2D eigenvalue weighted by Crippen LogP contribution is 2.39. The van der Waals surface area contributed by atoms with Gasteiger partial charge in [0.25, 0.3) is 0 Å². The molecule has 0 bridgehead atoms. The molecule has 6 heteroatoms. The number of methoxy groups -OCH3 is 2. The summed E-state index contributed by atoms with van der Waals surface area (Å²) in [7, 11) is 3.23. The van der Waals surface area contributed by atoms with Gasteiger partial charge in [0.15, 0.2) is 11.5 Å². The molecule has 2 aromatic carbocycles. The molecule has 2 aromatic rings. The topological polar surface area (TPSA) is 63.2 Å². The number of piperazine rings is 1. The van der Waals surface area contributed by atoms with E-state index >= 15 is 0 Å². The van der Waals surface area contributed by atoms with Crippen molar-refractivity contribution in [3.05, 3.63) is 53.6 Å². The zero-order valence-electron chi connectivity index (χ0n) is 16.0. The maximum absolute atomic E-state index is 10.1. The number of aliphatic hydroxyl groups excluding tert-OH is 1. The Morgan fingerprint density at radius 1 is 1.00 bits per heavy atom. The fourth-order valence-corrected chi connectivity index (χ4v) is 3.40. The molecule has 146 valence electrons. The largest absolute Gasteiger partial charge is 0.493 e. The zero-order chi connectivity index (χ0) is 19.1. The van der Waals surface area contributed by atoms with Crippen LogP contribution in [0.3, 0.4) is 0 Å². The molecule has 1 saturated heterocycles. The van der Waals surface area contributed by atoms with Gasteiger partial charge in [-0.1, -0.05) is 30.3 Å². The summed E-state index contributed by atoms with van der Waals surface area (Å²) < 4.78 is 17.1. The van der Waals surface area contributed by atoms with Gasteiger partial charge in [-0.05, 0) is 11.6 Å². The van der Waals surface area contributed by atoms with Crippen molar-refractivity contribution in [1.29, 1.82) is 0 Å². The van der Waals surface area contributed by atoms with Crippen LogP contribution in [0.25, 0.3) is 0 Å². The molecule has 27 heavy (non-hydrogen) atoms. The number of benzene rings is 2. The van der Waals surface area contributed by atoms with Crippen LogP contribution in [0.2, 0.25) is 0 Å². The molecule has 1 atom stereocenters. The summed E-state index contributed by atoms with van der Waals surface area (Å²) in [6.07, 6.45) is 0. The summed E-state index contributed by atoms with van der Waals surface area (Å²) >= 11 is 0. The predicted octanol–water partition coefficient (Wildman–Crippen LogP) is 2.22. The molecule has 1 fully saturated rings. The van der Waals surface area contributed by atoms with Crippen molar-refractivity contribution in [2.45, 2.75) is 12.6 Å². The van der Waals surface area contributed by atoms with Crippen LogP contribution in [0.5, 0.6) is 17.2 Å². The Labute approximate surface area is 160 Å².